The van der Waals surface area contributed by atoms with Gasteiger partial charge in [-0.2, -0.15) is 0 Å². The van der Waals surface area contributed by atoms with Crippen molar-refractivity contribution in [2.45, 2.75) is 24.3 Å². The summed E-state index contributed by atoms with van der Waals surface area (Å²) in [5, 5.41) is 18.1. The van der Waals surface area contributed by atoms with E-state index in [9.17, 15) is 22.7 Å². The van der Waals surface area contributed by atoms with Gasteiger partial charge in [0.25, 0.3) is 0 Å². The topological polar surface area (TPSA) is 104 Å². The number of benzene rings is 1. The molecule has 1 atom stereocenters. The molecule has 0 saturated carbocycles. The quantitative estimate of drug-likeness (QED) is 0.721. The summed E-state index contributed by atoms with van der Waals surface area (Å²) in [6.07, 6.45) is 0. The molecule has 0 aromatic heterocycles. The minimum absolute atomic E-state index is 0.146. The van der Waals surface area contributed by atoms with Gasteiger partial charge in [-0.25, -0.2) is 22.3 Å². The molecule has 0 radical (unpaired) electrons. The minimum atomic E-state index is -4.01. The largest absolute Gasteiger partial charge is 0.479 e. The fourth-order valence-electron chi connectivity index (χ4n) is 1.18. The van der Waals surface area contributed by atoms with Crippen LogP contribution in [0.3, 0.4) is 0 Å². The van der Waals surface area contributed by atoms with Gasteiger partial charge in [0.2, 0.25) is 10.0 Å². The molecular weight excluding hydrogens is 277 g/mol. The highest BCUT2D eigenvalue weighted by molar-refractivity contribution is 7.89. The first-order valence-corrected chi connectivity index (χ1v) is 6.76. The van der Waals surface area contributed by atoms with Crippen LogP contribution in [0.25, 0.3) is 0 Å². The van der Waals surface area contributed by atoms with Crippen LogP contribution >= 0.6 is 0 Å². The first-order valence-electron chi connectivity index (χ1n) is 5.28. The van der Waals surface area contributed by atoms with Crippen LogP contribution in [0.2, 0.25) is 0 Å². The zero-order valence-corrected chi connectivity index (χ0v) is 11.2. The van der Waals surface area contributed by atoms with Gasteiger partial charge < -0.3 is 10.2 Å². The number of carboxylic acids is 1. The van der Waals surface area contributed by atoms with E-state index in [-0.39, 0.29) is 10.5 Å². The van der Waals surface area contributed by atoms with Crippen molar-refractivity contribution in [1.82, 2.24) is 4.72 Å². The average Bonchev–Trinajstić information content (AvgIpc) is 2.30. The predicted molar refractivity (Wildman–Crippen MR) is 64.6 cm³/mol. The third-order valence-electron chi connectivity index (χ3n) is 2.51. The number of aryl methyl sites for hydroxylation is 1. The number of aliphatic carboxylic acids is 1. The van der Waals surface area contributed by atoms with Crippen molar-refractivity contribution in [2.75, 3.05) is 6.54 Å². The molecule has 0 amide bonds. The lowest BCUT2D eigenvalue weighted by Gasteiger charge is -2.18. The van der Waals surface area contributed by atoms with Gasteiger partial charge >= 0.3 is 5.97 Å². The molecule has 0 aliphatic rings. The zero-order valence-electron chi connectivity index (χ0n) is 10.3. The van der Waals surface area contributed by atoms with Crippen molar-refractivity contribution < 1.29 is 27.8 Å². The van der Waals surface area contributed by atoms with Crippen molar-refractivity contribution in [2.24, 2.45) is 0 Å². The molecule has 0 heterocycles. The van der Waals surface area contributed by atoms with Gasteiger partial charge in [0.1, 0.15) is 5.82 Å². The first kappa shape index (κ1) is 15.5. The van der Waals surface area contributed by atoms with E-state index in [1.165, 1.54) is 6.92 Å². The van der Waals surface area contributed by atoms with E-state index in [2.05, 4.69) is 0 Å². The molecule has 0 spiro atoms. The Morgan fingerprint density at radius 1 is 1.47 bits per heavy atom. The maximum Gasteiger partial charge on any atom is 0.336 e. The van der Waals surface area contributed by atoms with Crippen molar-refractivity contribution in [3.05, 3.63) is 29.6 Å². The molecule has 0 saturated heterocycles. The van der Waals surface area contributed by atoms with E-state index in [0.717, 1.165) is 25.1 Å². The zero-order chi connectivity index (χ0) is 14.8. The second-order valence-corrected chi connectivity index (χ2v) is 6.08. The van der Waals surface area contributed by atoms with Crippen molar-refractivity contribution in [1.29, 1.82) is 0 Å². The van der Waals surface area contributed by atoms with E-state index in [4.69, 9.17) is 5.11 Å². The number of sulfonamides is 1. The highest BCUT2D eigenvalue weighted by Crippen LogP contribution is 2.14. The van der Waals surface area contributed by atoms with Crippen LogP contribution in [-0.2, 0) is 14.8 Å². The van der Waals surface area contributed by atoms with Gasteiger partial charge in [-0.3, -0.25) is 0 Å². The highest BCUT2D eigenvalue weighted by atomic mass is 32.2. The fourth-order valence-corrected chi connectivity index (χ4v) is 2.40. The van der Waals surface area contributed by atoms with Crippen LogP contribution in [-0.4, -0.2) is 36.7 Å². The lowest BCUT2D eigenvalue weighted by atomic mass is 10.1. The van der Waals surface area contributed by atoms with Gasteiger partial charge in [-0.15, -0.1) is 0 Å². The van der Waals surface area contributed by atoms with Crippen LogP contribution in [0.5, 0.6) is 0 Å². The van der Waals surface area contributed by atoms with Crippen LogP contribution in [0.1, 0.15) is 12.5 Å². The number of rotatable bonds is 5. The molecule has 0 aliphatic heterocycles. The SMILES string of the molecule is Cc1cc(S(=O)(=O)NCC(C)(O)C(=O)O)ccc1F. The number of nitrogens with one attached hydrogen (secondary N) is 1. The van der Waals surface area contributed by atoms with Crippen LogP contribution in [0, 0.1) is 12.7 Å². The Kier molecular flexibility index (Phi) is 4.28. The Morgan fingerprint density at radius 2 is 2.05 bits per heavy atom. The van der Waals surface area contributed by atoms with Gasteiger partial charge in [-0.05, 0) is 37.6 Å². The molecule has 0 bridgehead atoms. The van der Waals surface area contributed by atoms with E-state index in [0.29, 0.717) is 0 Å². The summed E-state index contributed by atoms with van der Waals surface area (Å²) < 4.78 is 38.7. The van der Waals surface area contributed by atoms with Gasteiger partial charge in [0.15, 0.2) is 5.60 Å². The van der Waals surface area contributed by atoms with Crippen molar-refractivity contribution in [3.8, 4) is 0 Å². The third-order valence-corrected chi connectivity index (χ3v) is 3.91. The molecular formula is C11H14FNO5S. The summed E-state index contributed by atoms with van der Waals surface area (Å²) in [5.41, 5.74) is -2.07. The molecule has 1 rings (SSSR count). The Bertz CT molecular complexity index is 597. The van der Waals surface area contributed by atoms with Gasteiger partial charge in [0, 0.05) is 0 Å². The summed E-state index contributed by atoms with van der Waals surface area (Å²) in [6, 6.07) is 3.17. The Hall–Kier alpha value is -1.51. The first-order chi connectivity index (χ1) is 8.56. The molecule has 8 heteroatoms. The Balaban J connectivity index is 2.93. The van der Waals surface area contributed by atoms with E-state index in [1.54, 1.807) is 0 Å². The number of carboxylic acid groups (broad SMARTS) is 1. The maximum absolute atomic E-state index is 13.0. The number of hydrogen-bond acceptors (Lipinski definition) is 4. The highest BCUT2D eigenvalue weighted by Gasteiger charge is 2.31. The van der Waals surface area contributed by atoms with Crippen LogP contribution < -0.4 is 4.72 Å². The smallest absolute Gasteiger partial charge is 0.336 e. The minimum Gasteiger partial charge on any atom is -0.479 e. The molecule has 1 unspecified atom stereocenters. The molecule has 0 aliphatic carbocycles. The van der Waals surface area contributed by atoms with E-state index in [1.807, 2.05) is 4.72 Å². The lowest BCUT2D eigenvalue weighted by molar-refractivity contribution is -0.155. The van der Waals surface area contributed by atoms with E-state index < -0.39 is 34.0 Å². The van der Waals surface area contributed by atoms with Crippen LogP contribution in [0.4, 0.5) is 4.39 Å². The standard InChI is InChI=1S/C11H14FNO5S/c1-7-5-8(3-4-9(7)12)19(17,18)13-6-11(2,16)10(14)15/h3-5,13,16H,6H2,1-2H3,(H,14,15). The lowest BCUT2D eigenvalue weighted by Crippen LogP contribution is -2.46. The number of carbonyl (C=O) groups is 1. The second kappa shape index (κ2) is 5.24. The summed E-state index contributed by atoms with van der Waals surface area (Å²) in [6.45, 7) is 1.68. The molecule has 106 valence electrons. The molecule has 1 aromatic rings. The molecule has 3 N–H and O–H groups in total. The predicted octanol–water partition coefficient (Wildman–Crippen LogP) is 0.248. The maximum atomic E-state index is 13.0. The van der Waals surface area contributed by atoms with Gasteiger partial charge in [-0.1, -0.05) is 0 Å². The normalized spacial score (nSPS) is 14.9. The molecule has 19 heavy (non-hydrogen) atoms. The number of halogens is 1. The summed E-state index contributed by atoms with van der Waals surface area (Å²) in [5.74, 6) is -2.10. The monoisotopic (exact) mass is 291 g/mol. The van der Waals surface area contributed by atoms with Crippen molar-refractivity contribution in [3.63, 3.8) is 0 Å². The number of hydrogen-bond donors (Lipinski definition) is 3. The second-order valence-electron chi connectivity index (χ2n) is 4.31. The third kappa shape index (κ3) is 3.72. The van der Waals surface area contributed by atoms with E-state index >= 15 is 0 Å². The Morgan fingerprint density at radius 3 is 2.53 bits per heavy atom. The summed E-state index contributed by atoms with van der Waals surface area (Å²) in [7, 11) is -4.01. The molecule has 1 aromatic carbocycles. The Labute approximate surface area is 109 Å². The fraction of sp³-hybridized carbons (Fsp3) is 0.364. The average molecular weight is 291 g/mol. The molecule has 6 nitrogen and oxygen atoms in total. The van der Waals surface area contributed by atoms with Gasteiger partial charge in [0.05, 0.1) is 11.4 Å². The van der Waals surface area contributed by atoms with Crippen LogP contribution in [0.15, 0.2) is 23.1 Å². The summed E-state index contributed by atoms with van der Waals surface area (Å²) >= 11 is 0. The molecule has 0 fully saturated rings. The number of aliphatic hydroxyl groups is 1. The van der Waals surface area contributed by atoms with Crippen molar-refractivity contribution >= 4 is 16.0 Å². The summed E-state index contributed by atoms with van der Waals surface area (Å²) in [4.78, 5) is 10.4.